The number of aliphatic hydroxyl groups is 1. The summed E-state index contributed by atoms with van der Waals surface area (Å²) in [6.07, 6.45) is 1.89. The average Bonchev–Trinajstić information content (AvgIpc) is 3.25. The summed E-state index contributed by atoms with van der Waals surface area (Å²) in [5.74, 6) is 0.136. The summed E-state index contributed by atoms with van der Waals surface area (Å²) in [7, 11) is 0. The molecule has 0 aliphatic carbocycles. The Bertz CT molecular complexity index is 1190. The van der Waals surface area contributed by atoms with Gasteiger partial charge in [0, 0.05) is 29.7 Å². The van der Waals surface area contributed by atoms with Crippen LogP contribution in [-0.4, -0.2) is 46.4 Å². The molecule has 2 aromatic carbocycles. The Morgan fingerprint density at radius 3 is 2.48 bits per heavy atom. The molecule has 4 rings (SSSR count). The number of aromatic hydroxyl groups is 3. The molecule has 0 unspecified atom stereocenters. The van der Waals surface area contributed by atoms with Crippen molar-refractivity contribution in [1.29, 1.82) is 0 Å². The number of aliphatic hydroxyl groups excluding tert-OH is 1. The topological polar surface area (TPSA) is 117 Å². The quantitative estimate of drug-likeness (QED) is 0.413. The maximum absolute atomic E-state index is 10.4. The van der Waals surface area contributed by atoms with Crippen molar-refractivity contribution in [3.8, 4) is 34.6 Å². The second kappa shape index (κ2) is 7.14. The molecule has 0 aliphatic heterocycles. The number of hydrogen-bond donors (Lipinski definition) is 4. The van der Waals surface area contributed by atoms with E-state index in [2.05, 4.69) is 10.2 Å². The zero-order valence-electron chi connectivity index (χ0n) is 16.1. The molecule has 0 saturated heterocycles. The minimum atomic E-state index is -0.312. The molecule has 4 aromatic rings. The second-order valence-electron chi connectivity index (χ2n) is 7.22. The number of hydrogen-bond acceptors (Lipinski definition) is 6. The van der Waals surface area contributed by atoms with Crippen LogP contribution in [0, 0.1) is 0 Å². The molecule has 29 heavy (non-hydrogen) atoms. The zero-order chi connectivity index (χ0) is 20.7. The van der Waals surface area contributed by atoms with Gasteiger partial charge in [-0.25, -0.2) is 4.57 Å². The van der Waals surface area contributed by atoms with Crippen LogP contribution in [-0.2, 0) is 6.54 Å². The summed E-state index contributed by atoms with van der Waals surface area (Å²) >= 11 is 0. The Labute approximate surface area is 166 Å². The van der Waals surface area contributed by atoms with Crippen LogP contribution in [0.4, 0.5) is 0 Å². The van der Waals surface area contributed by atoms with Gasteiger partial charge in [0.15, 0.2) is 5.82 Å². The van der Waals surface area contributed by atoms with Gasteiger partial charge in [0.05, 0.1) is 17.9 Å². The lowest BCUT2D eigenvalue weighted by Crippen LogP contribution is -2.01. The van der Waals surface area contributed by atoms with Crippen molar-refractivity contribution in [2.45, 2.75) is 26.3 Å². The number of phenolic OH excluding ortho intramolecular Hbond substituents is 2. The normalized spacial score (nSPS) is 11.6. The predicted octanol–water partition coefficient (Wildman–Crippen LogP) is 3.12. The van der Waals surface area contributed by atoms with Gasteiger partial charge in [-0.3, -0.25) is 0 Å². The van der Waals surface area contributed by atoms with Gasteiger partial charge in [0.25, 0.3) is 0 Å². The van der Waals surface area contributed by atoms with Gasteiger partial charge < -0.3 is 25.0 Å². The molecule has 0 aliphatic rings. The van der Waals surface area contributed by atoms with E-state index in [0.29, 0.717) is 23.4 Å². The molecule has 8 nitrogen and oxygen atoms in total. The SMILES string of the molecule is CC(C)c1cc(-c2nnc(O)n2-c2ccc3c(ccn3CCO)c2)c(O)cc1O. The van der Waals surface area contributed by atoms with Crippen molar-refractivity contribution < 1.29 is 20.4 Å². The summed E-state index contributed by atoms with van der Waals surface area (Å²) in [6.45, 7) is 4.40. The third-order valence-corrected chi connectivity index (χ3v) is 5.01. The van der Waals surface area contributed by atoms with E-state index in [4.69, 9.17) is 0 Å². The monoisotopic (exact) mass is 394 g/mol. The van der Waals surface area contributed by atoms with E-state index >= 15 is 0 Å². The zero-order valence-corrected chi connectivity index (χ0v) is 16.1. The summed E-state index contributed by atoms with van der Waals surface area (Å²) in [5.41, 5.74) is 2.59. The van der Waals surface area contributed by atoms with Crippen molar-refractivity contribution in [3.05, 3.63) is 48.2 Å². The van der Waals surface area contributed by atoms with Gasteiger partial charge >= 0.3 is 6.01 Å². The highest BCUT2D eigenvalue weighted by Gasteiger charge is 2.21. The minimum Gasteiger partial charge on any atom is -0.508 e. The van der Waals surface area contributed by atoms with Crippen LogP contribution in [0.2, 0.25) is 0 Å². The molecule has 150 valence electrons. The third-order valence-electron chi connectivity index (χ3n) is 5.01. The van der Waals surface area contributed by atoms with E-state index in [0.717, 1.165) is 10.9 Å². The van der Waals surface area contributed by atoms with Gasteiger partial charge in [-0.15, -0.1) is 5.10 Å². The first-order valence-corrected chi connectivity index (χ1v) is 9.31. The van der Waals surface area contributed by atoms with Crippen molar-refractivity contribution in [2.24, 2.45) is 0 Å². The lowest BCUT2D eigenvalue weighted by atomic mass is 9.98. The van der Waals surface area contributed by atoms with Crippen molar-refractivity contribution in [1.82, 2.24) is 19.3 Å². The lowest BCUT2D eigenvalue weighted by molar-refractivity contribution is 0.278. The Morgan fingerprint density at radius 2 is 1.76 bits per heavy atom. The van der Waals surface area contributed by atoms with Gasteiger partial charge in [-0.1, -0.05) is 18.9 Å². The number of fused-ring (bicyclic) bond motifs is 1. The molecule has 0 radical (unpaired) electrons. The van der Waals surface area contributed by atoms with Crippen LogP contribution in [0.25, 0.3) is 28.0 Å². The smallest absolute Gasteiger partial charge is 0.319 e. The maximum atomic E-state index is 10.4. The molecular formula is C21H22N4O4. The van der Waals surface area contributed by atoms with Gasteiger partial charge in [0.2, 0.25) is 0 Å². The Morgan fingerprint density at radius 1 is 0.966 bits per heavy atom. The van der Waals surface area contributed by atoms with Crippen LogP contribution >= 0.6 is 0 Å². The molecule has 0 saturated carbocycles. The van der Waals surface area contributed by atoms with Crippen LogP contribution < -0.4 is 0 Å². The molecule has 4 N–H and O–H groups in total. The predicted molar refractivity (Wildman–Crippen MR) is 108 cm³/mol. The van der Waals surface area contributed by atoms with Gasteiger partial charge in [-0.2, -0.15) is 0 Å². The molecule has 0 atom stereocenters. The van der Waals surface area contributed by atoms with Crippen LogP contribution in [0.15, 0.2) is 42.6 Å². The van der Waals surface area contributed by atoms with Gasteiger partial charge in [-0.05, 0) is 41.8 Å². The molecule has 0 fully saturated rings. The van der Waals surface area contributed by atoms with E-state index in [1.54, 1.807) is 6.07 Å². The second-order valence-corrected chi connectivity index (χ2v) is 7.22. The number of benzene rings is 2. The molecule has 0 bridgehead atoms. The van der Waals surface area contributed by atoms with Crippen molar-refractivity contribution in [3.63, 3.8) is 0 Å². The fourth-order valence-electron chi connectivity index (χ4n) is 3.55. The number of aromatic nitrogens is 4. The number of nitrogens with zero attached hydrogens (tertiary/aromatic N) is 4. The van der Waals surface area contributed by atoms with Crippen molar-refractivity contribution in [2.75, 3.05) is 6.61 Å². The summed E-state index contributed by atoms with van der Waals surface area (Å²) in [4.78, 5) is 0. The van der Waals surface area contributed by atoms with Crippen molar-refractivity contribution >= 4 is 10.9 Å². The number of phenols is 2. The molecule has 0 spiro atoms. The minimum absolute atomic E-state index is 0.00294. The fraction of sp³-hybridized carbons (Fsp3) is 0.238. The maximum Gasteiger partial charge on any atom is 0.319 e. The van der Waals surface area contributed by atoms with Crippen LogP contribution in [0.3, 0.4) is 0 Å². The van der Waals surface area contributed by atoms with E-state index in [1.807, 2.05) is 48.9 Å². The first-order chi connectivity index (χ1) is 13.9. The molecule has 8 heteroatoms. The Balaban J connectivity index is 1.87. The summed E-state index contributed by atoms with van der Waals surface area (Å²) < 4.78 is 3.38. The van der Waals surface area contributed by atoms with E-state index < -0.39 is 0 Å². The fourth-order valence-corrected chi connectivity index (χ4v) is 3.55. The highest BCUT2D eigenvalue weighted by Crippen LogP contribution is 2.39. The molecule has 2 aromatic heterocycles. The lowest BCUT2D eigenvalue weighted by Gasteiger charge is -2.14. The van der Waals surface area contributed by atoms with Gasteiger partial charge in [0.1, 0.15) is 11.5 Å². The average molecular weight is 394 g/mol. The Hall–Kier alpha value is -3.52. The molecule has 2 heterocycles. The standard InChI is InChI=1S/C21H22N4O4/c1-12(2)15-10-16(19(28)11-18(15)27)20-22-23-21(29)25(20)14-3-4-17-13(9-14)5-6-24(17)7-8-26/h3-6,9-12,26-28H,7-8H2,1-2H3,(H,23,29). The van der Waals surface area contributed by atoms with E-state index in [9.17, 15) is 20.4 Å². The van der Waals surface area contributed by atoms with E-state index in [1.165, 1.54) is 10.6 Å². The van der Waals surface area contributed by atoms with Crippen LogP contribution in [0.1, 0.15) is 25.3 Å². The Kier molecular flexibility index (Phi) is 4.63. The first kappa shape index (κ1) is 18.8. The van der Waals surface area contributed by atoms with Crippen LogP contribution in [0.5, 0.6) is 17.5 Å². The summed E-state index contributed by atoms with van der Waals surface area (Å²) in [5, 5.41) is 48.8. The highest BCUT2D eigenvalue weighted by molar-refractivity contribution is 5.83. The molecule has 0 amide bonds. The molecular weight excluding hydrogens is 372 g/mol. The van der Waals surface area contributed by atoms with E-state index in [-0.39, 0.29) is 35.9 Å². The summed E-state index contributed by atoms with van der Waals surface area (Å²) in [6, 6.07) is 10.1. The largest absolute Gasteiger partial charge is 0.508 e. The third kappa shape index (κ3) is 3.17. The first-order valence-electron chi connectivity index (χ1n) is 9.31. The highest BCUT2D eigenvalue weighted by atomic mass is 16.3. The number of rotatable bonds is 5.